The summed E-state index contributed by atoms with van der Waals surface area (Å²) >= 11 is 0. The van der Waals surface area contributed by atoms with Crippen molar-refractivity contribution in [2.75, 3.05) is 6.61 Å². The Hall–Kier alpha value is -1.78. The average molecular weight is 301 g/mol. The van der Waals surface area contributed by atoms with E-state index in [1.165, 1.54) is 24.3 Å². The molecule has 0 amide bonds. The molecule has 1 aliphatic rings. The predicted octanol–water partition coefficient (Wildman–Crippen LogP) is -1.23. The molecule has 21 heavy (non-hydrogen) atoms. The first-order chi connectivity index (χ1) is 9.93. The maximum Gasteiger partial charge on any atom is 0.269 e. The van der Waals surface area contributed by atoms with E-state index in [9.17, 15) is 25.4 Å². The SMILES string of the molecule is O=[N+]([O-])c1ccc(O[C@@H]2OC(CO)[C@H](O)C(O)[C@@H]2O)cc1. The number of non-ortho nitro benzene ring substituents is 1. The Bertz CT molecular complexity index is 491. The zero-order chi connectivity index (χ0) is 15.6. The van der Waals surface area contributed by atoms with E-state index in [1.807, 2.05) is 0 Å². The van der Waals surface area contributed by atoms with Crippen LogP contribution in [0.25, 0.3) is 0 Å². The molecule has 5 atom stereocenters. The molecule has 0 aromatic heterocycles. The van der Waals surface area contributed by atoms with E-state index in [2.05, 4.69) is 0 Å². The third kappa shape index (κ3) is 3.28. The highest BCUT2D eigenvalue weighted by Gasteiger charge is 2.44. The number of benzene rings is 1. The van der Waals surface area contributed by atoms with Crippen molar-refractivity contribution in [1.82, 2.24) is 0 Å². The van der Waals surface area contributed by atoms with Crippen LogP contribution in [0.1, 0.15) is 0 Å². The molecule has 0 radical (unpaired) electrons. The van der Waals surface area contributed by atoms with Crippen LogP contribution in [0.4, 0.5) is 5.69 Å². The number of aliphatic hydroxyl groups is 4. The molecule has 0 saturated carbocycles. The molecule has 0 bridgehead atoms. The lowest BCUT2D eigenvalue weighted by Gasteiger charge is -2.39. The van der Waals surface area contributed by atoms with Crippen molar-refractivity contribution in [2.45, 2.75) is 30.7 Å². The lowest BCUT2D eigenvalue weighted by atomic mass is 9.99. The van der Waals surface area contributed by atoms with E-state index in [-0.39, 0.29) is 11.4 Å². The fraction of sp³-hybridized carbons (Fsp3) is 0.500. The van der Waals surface area contributed by atoms with Gasteiger partial charge in [-0.25, -0.2) is 0 Å². The highest BCUT2D eigenvalue weighted by Crippen LogP contribution is 2.25. The van der Waals surface area contributed by atoms with Gasteiger partial charge >= 0.3 is 0 Å². The number of aliphatic hydroxyl groups excluding tert-OH is 4. The molecule has 2 unspecified atom stereocenters. The van der Waals surface area contributed by atoms with Crippen molar-refractivity contribution in [1.29, 1.82) is 0 Å². The van der Waals surface area contributed by atoms with Gasteiger partial charge in [-0.3, -0.25) is 10.1 Å². The first kappa shape index (κ1) is 15.6. The van der Waals surface area contributed by atoms with Crippen LogP contribution in [0.15, 0.2) is 24.3 Å². The summed E-state index contributed by atoms with van der Waals surface area (Å²) in [4.78, 5) is 9.95. The highest BCUT2D eigenvalue weighted by molar-refractivity contribution is 5.36. The van der Waals surface area contributed by atoms with Crippen LogP contribution in [0, 0.1) is 10.1 Å². The third-order valence-corrected chi connectivity index (χ3v) is 3.15. The number of hydrogen-bond acceptors (Lipinski definition) is 8. The van der Waals surface area contributed by atoms with Gasteiger partial charge in [0.2, 0.25) is 6.29 Å². The predicted molar refractivity (Wildman–Crippen MR) is 67.5 cm³/mol. The van der Waals surface area contributed by atoms with Gasteiger partial charge in [0, 0.05) is 12.1 Å². The molecule has 0 aliphatic carbocycles. The minimum Gasteiger partial charge on any atom is -0.462 e. The van der Waals surface area contributed by atoms with Gasteiger partial charge in [-0.2, -0.15) is 0 Å². The van der Waals surface area contributed by atoms with E-state index >= 15 is 0 Å². The van der Waals surface area contributed by atoms with Crippen molar-refractivity contribution >= 4 is 5.69 Å². The summed E-state index contributed by atoms with van der Waals surface area (Å²) < 4.78 is 10.4. The zero-order valence-corrected chi connectivity index (χ0v) is 10.8. The third-order valence-electron chi connectivity index (χ3n) is 3.15. The number of nitrogens with zero attached hydrogens (tertiary/aromatic N) is 1. The van der Waals surface area contributed by atoms with Crippen molar-refractivity contribution in [3.8, 4) is 5.75 Å². The monoisotopic (exact) mass is 301 g/mol. The van der Waals surface area contributed by atoms with Gasteiger partial charge in [-0.05, 0) is 12.1 Å². The van der Waals surface area contributed by atoms with Crippen LogP contribution in [0.5, 0.6) is 5.75 Å². The summed E-state index contributed by atoms with van der Waals surface area (Å²) in [7, 11) is 0. The summed E-state index contributed by atoms with van der Waals surface area (Å²) in [6.45, 7) is -0.564. The lowest BCUT2D eigenvalue weighted by Crippen LogP contribution is -2.60. The number of nitro groups is 1. The quantitative estimate of drug-likeness (QED) is 0.400. The molecule has 1 aliphatic heterocycles. The summed E-state index contributed by atoms with van der Waals surface area (Å²) in [6.07, 6.45) is -6.94. The van der Waals surface area contributed by atoms with Gasteiger partial charge in [0.15, 0.2) is 0 Å². The number of hydrogen-bond donors (Lipinski definition) is 4. The summed E-state index contributed by atoms with van der Waals surface area (Å²) in [6, 6.07) is 5.03. The molecule has 2 rings (SSSR count). The molecule has 9 nitrogen and oxygen atoms in total. The molecule has 1 saturated heterocycles. The second-order valence-electron chi connectivity index (χ2n) is 4.57. The van der Waals surface area contributed by atoms with E-state index in [0.29, 0.717) is 0 Å². The van der Waals surface area contributed by atoms with Crippen LogP contribution in [-0.2, 0) is 4.74 Å². The minimum absolute atomic E-state index is 0.129. The summed E-state index contributed by atoms with van der Waals surface area (Å²) in [5.74, 6) is 0.171. The van der Waals surface area contributed by atoms with E-state index in [1.54, 1.807) is 0 Å². The van der Waals surface area contributed by atoms with Crippen molar-refractivity contribution in [3.63, 3.8) is 0 Å². The Kier molecular flexibility index (Phi) is 4.70. The highest BCUT2D eigenvalue weighted by atomic mass is 16.7. The van der Waals surface area contributed by atoms with E-state index in [0.717, 1.165) is 0 Å². The topological polar surface area (TPSA) is 143 Å². The van der Waals surface area contributed by atoms with Gasteiger partial charge in [0.05, 0.1) is 11.5 Å². The average Bonchev–Trinajstić information content (AvgIpc) is 2.48. The Balaban J connectivity index is 2.08. The van der Waals surface area contributed by atoms with Crippen molar-refractivity contribution in [2.24, 2.45) is 0 Å². The van der Waals surface area contributed by atoms with Gasteiger partial charge in [0.25, 0.3) is 5.69 Å². The second-order valence-corrected chi connectivity index (χ2v) is 4.57. The van der Waals surface area contributed by atoms with Crippen LogP contribution in [0.3, 0.4) is 0 Å². The van der Waals surface area contributed by atoms with Crippen LogP contribution in [-0.4, -0.2) is 62.7 Å². The number of rotatable bonds is 4. The van der Waals surface area contributed by atoms with Crippen LogP contribution in [0.2, 0.25) is 0 Å². The second kappa shape index (κ2) is 6.33. The Labute approximate surface area is 119 Å². The maximum atomic E-state index is 10.5. The van der Waals surface area contributed by atoms with Crippen LogP contribution >= 0.6 is 0 Å². The molecule has 116 valence electrons. The maximum absolute atomic E-state index is 10.5. The molecular formula is C12H15NO8. The zero-order valence-electron chi connectivity index (χ0n) is 10.8. The van der Waals surface area contributed by atoms with Gasteiger partial charge in [-0.1, -0.05) is 0 Å². The molecule has 1 heterocycles. The summed E-state index contributed by atoms with van der Waals surface area (Å²) in [5, 5.41) is 48.6. The van der Waals surface area contributed by atoms with Crippen molar-refractivity contribution in [3.05, 3.63) is 34.4 Å². The van der Waals surface area contributed by atoms with Gasteiger partial charge < -0.3 is 29.9 Å². The largest absolute Gasteiger partial charge is 0.462 e. The minimum atomic E-state index is -1.54. The number of ether oxygens (including phenoxy) is 2. The van der Waals surface area contributed by atoms with Crippen molar-refractivity contribution < 1.29 is 34.8 Å². The van der Waals surface area contributed by atoms with Crippen LogP contribution < -0.4 is 4.74 Å². The molecule has 0 spiro atoms. The Morgan fingerprint density at radius 2 is 1.76 bits per heavy atom. The number of nitro benzene ring substituents is 1. The molecule has 1 aromatic carbocycles. The molecule has 4 N–H and O–H groups in total. The summed E-state index contributed by atoms with van der Waals surface area (Å²) in [5.41, 5.74) is -0.129. The molecule has 9 heteroatoms. The molecule has 1 fully saturated rings. The lowest BCUT2D eigenvalue weighted by molar-refractivity contribution is -0.384. The molecule has 1 aromatic rings. The van der Waals surface area contributed by atoms with E-state index in [4.69, 9.17) is 14.6 Å². The fourth-order valence-electron chi connectivity index (χ4n) is 1.95. The normalized spacial score (nSPS) is 32.7. The fourth-order valence-corrected chi connectivity index (χ4v) is 1.95. The Morgan fingerprint density at radius 3 is 2.29 bits per heavy atom. The first-order valence-electron chi connectivity index (χ1n) is 6.15. The first-order valence-corrected chi connectivity index (χ1v) is 6.15. The van der Waals surface area contributed by atoms with Gasteiger partial charge in [0.1, 0.15) is 30.2 Å². The Morgan fingerprint density at radius 1 is 1.14 bits per heavy atom. The standard InChI is InChI=1S/C12H15NO8/c14-5-8-9(15)10(16)11(17)12(21-8)20-7-3-1-6(2-4-7)13(18)19/h1-4,8-12,14-17H,5H2/t8?,9-,10?,11-,12+/m0/s1. The van der Waals surface area contributed by atoms with E-state index < -0.39 is 42.2 Å². The smallest absolute Gasteiger partial charge is 0.269 e. The molecular weight excluding hydrogens is 286 g/mol. The van der Waals surface area contributed by atoms with Gasteiger partial charge in [-0.15, -0.1) is 0 Å².